The molecule has 0 saturated heterocycles. The highest BCUT2D eigenvalue weighted by Crippen LogP contribution is 2.17. The standard InChI is InChI=1S/C14H22N2O4S/c1-4-5-6-7-14(17)15-12-8-10-13(11-9-12)21(18,19)16(2)20-3/h8-11H,4-7H2,1-3H3,(H,15,17). The summed E-state index contributed by atoms with van der Waals surface area (Å²) in [5.41, 5.74) is 0.579. The van der Waals surface area contributed by atoms with Gasteiger partial charge in [-0.05, 0) is 30.7 Å². The topological polar surface area (TPSA) is 75.7 Å². The van der Waals surface area contributed by atoms with Crippen molar-refractivity contribution in [1.29, 1.82) is 0 Å². The lowest BCUT2D eigenvalue weighted by atomic mass is 10.2. The first-order valence-electron chi connectivity index (χ1n) is 6.84. The Balaban J connectivity index is 2.68. The van der Waals surface area contributed by atoms with Crippen LogP contribution in [0, 0.1) is 0 Å². The number of benzene rings is 1. The number of amides is 1. The Kier molecular flexibility index (Phi) is 6.80. The van der Waals surface area contributed by atoms with Crippen molar-refractivity contribution in [3.05, 3.63) is 24.3 Å². The van der Waals surface area contributed by atoms with Crippen molar-refractivity contribution in [2.45, 2.75) is 37.5 Å². The molecule has 0 saturated carbocycles. The zero-order valence-corrected chi connectivity index (χ0v) is 13.4. The molecule has 1 aromatic rings. The fourth-order valence-electron chi connectivity index (χ4n) is 1.72. The summed E-state index contributed by atoms with van der Waals surface area (Å²) in [4.78, 5) is 16.5. The fraction of sp³-hybridized carbons (Fsp3) is 0.500. The number of carbonyl (C=O) groups excluding carboxylic acids is 1. The predicted octanol–water partition coefficient (Wildman–Crippen LogP) is 2.39. The van der Waals surface area contributed by atoms with Crippen LogP contribution in [-0.2, 0) is 19.7 Å². The van der Waals surface area contributed by atoms with Gasteiger partial charge in [-0.1, -0.05) is 24.2 Å². The van der Waals surface area contributed by atoms with Gasteiger partial charge in [-0.2, -0.15) is 0 Å². The van der Waals surface area contributed by atoms with E-state index in [0.29, 0.717) is 12.1 Å². The van der Waals surface area contributed by atoms with Crippen LogP contribution in [0.25, 0.3) is 0 Å². The molecule has 1 amide bonds. The summed E-state index contributed by atoms with van der Waals surface area (Å²) in [6.07, 6.45) is 3.41. The van der Waals surface area contributed by atoms with E-state index in [4.69, 9.17) is 4.84 Å². The number of rotatable bonds is 8. The second-order valence-electron chi connectivity index (χ2n) is 4.63. The molecule has 118 valence electrons. The molecule has 1 N–H and O–H groups in total. The number of unbranched alkanes of at least 4 members (excludes halogenated alkanes) is 2. The molecule has 1 aromatic carbocycles. The molecule has 21 heavy (non-hydrogen) atoms. The third kappa shape index (κ3) is 5.11. The molecule has 0 radical (unpaired) electrons. The van der Waals surface area contributed by atoms with Crippen LogP contribution in [0.2, 0.25) is 0 Å². The highest BCUT2D eigenvalue weighted by molar-refractivity contribution is 7.89. The number of carbonyl (C=O) groups is 1. The van der Waals surface area contributed by atoms with Crippen LogP contribution in [0.3, 0.4) is 0 Å². The minimum absolute atomic E-state index is 0.0620. The largest absolute Gasteiger partial charge is 0.326 e. The number of hydrogen-bond acceptors (Lipinski definition) is 4. The first-order valence-corrected chi connectivity index (χ1v) is 8.28. The van der Waals surface area contributed by atoms with Gasteiger partial charge in [0.2, 0.25) is 5.91 Å². The Hall–Kier alpha value is -1.44. The Morgan fingerprint density at radius 2 is 1.86 bits per heavy atom. The molecule has 0 aliphatic rings. The molecule has 6 nitrogen and oxygen atoms in total. The maximum Gasteiger partial charge on any atom is 0.264 e. The zero-order chi connectivity index (χ0) is 15.9. The van der Waals surface area contributed by atoms with Crippen LogP contribution in [0.15, 0.2) is 29.2 Å². The Morgan fingerprint density at radius 3 is 2.38 bits per heavy atom. The molecule has 0 aliphatic carbocycles. The summed E-state index contributed by atoms with van der Waals surface area (Å²) >= 11 is 0. The predicted molar refractivity (Wildman–Crippen MR) is 81.2 cm³/mol. The summed E-state index contributed by atoms with van der Waals surface area (Å²) in [7, 11) is -1.06. The Labute approximate surface area is 126 Å². The SMILES string of the molecule is CCCCCC(=O)Nc1ccc(S(=O)(=O)N(C)OC)cc1. The lowest BCUT2D eigenvalue weighted by Crippen LogP contribution is -2.25. The zero-order valence-electron chi connectivity index (χ0n) is 12.6. The van der Waals surface area contributed by atoms with Crippen molar-refractivity contribution < 1.29 is 18.0 Å². The van der Waals surface area contributed by atoms with Crippen LogP contribution in [0.4, 0.5) is 5.69 Å². The van der Waals surface area contributed by atoms with E-state index < -0.39 is 10.0 Å². The van der Waals surface area contributed by atoms with E-state index in [1.807, 2.05) is 0 Å². The summed E-state index contributed by atoms with van der Waals surface area (Å²) in [6.45, 7) is 2.08. The highest BCUT2D eigenvalue weighted by atomic mass is 32.2. The minimum atomic E-state index is -3.65. The van der Waals surface area contributed by atoms with E-state index in [2.05, 4.69) is 12.2 Å². The van der Waals surface area contributed by atoms with E-state index in [-0.39, 0.29) is 10.8 Å². The van der Waals surface area contributed by atoms with Gasteiger partial charge in [-0.15, -0.1) is 0 Å². The maximum absolute atomic E-state index is 12.0. The van der Waals surface area contributed by atoms with Gasteiger partial charge in [0.15, 0.2) is 0 Å². The Bertz CT molecular complexity index is 555. The molecule has 0 spiro atoms. The van der Waals surface area contributed by atoms with Crippen LogP contribution in [0.1, 0.15) is 32.6 Å². The van der Waals surface area contributed by atoms with E-state index >= 15 is 0 Å². The second-order valence-corrected chi connectivity index (χ2v) is 6.56. The van der Waals surface area contributed by atoms with E-state index in [9.17, 15) is 13.2 Å². The van der Waals surface area contributed by atoms with Crippen molar-refractivity contribution in [2.24, 2.45) is 0 Å². The van der Waals surface area contributed by atoms with Crippen LogP contribution < -0.4 is 5.32 Å². The van der Waals surface area contributed by atoms with E-state index in [1.54, 1.807) is 12.1 Å². The van der Waals surface area contributed by atoms with E-state index in [1.165, 1.54) is 26.3 Å². The third-order valence-electron chi connectivity index (χ3n) is 3.04. The monoisotopic (exact) mass is 314 g/mol. The minimum Gasteiger partial charge on any atom is -0.326 e. The third-order valence-corrected chi connectivity index (χ3v) is 4.73. The molecule has 0 fully saturated rings. The number of nitrogens with one attached hydrogen (secondary N) is 1. The maximum atomic E-state index is 12.0. The van der Waals surface area contributed by atoms with Gasteiger partial charge in [0.1, 0.15) is 0 Å². The number of nitrogens with zero attached hydrogens (tertiary/aromatic N) is 1. The summed E-state index contributed by atoms with van der Waals surface area (Å²) < 4.78 is 24.8. The first kappa shape index (κ1) is 17.6. The van der Waals surface area contributed by atoms with Gasteiger partial charge in [-0.3, -0.25) is 9.63 Å². The molecule has 0 bridgehead atoms. The first-order chi connectivity index (χ1) is 9.91. The highest BCUT2D eigenvalue weighted by Gasteiger charge is 2.20. The molecule has 0 aromatic heterocycles. The van der Waals surface area contributed by atoms with Crippen LogP contribution in [0.5, 0.6) is 0 Å². The van der Waals surface area contributed by atoms with Crippen molar-refractivity contribution in [3.63, 3.8) is 0 Å². The lowest BCUT2D eigenvalue weighted by Gasteiger charge is -2.14. The number of sulfonamides is 1. The van der Waals surface area contributed by atoms with Crippen molar-refractivity contribution in [1.82, 2.24) is 4.47 Å². The lowest BCUT2D eigenvalue weighted by molar-refractivity contribution is -0.116. The normalized spacial score (nSPS) is 11.6. The van der Waals surface area contributed by atoms with Crippen molar-refractivity contribution in [2.75, 3.05) is 19.5 Å². The van der Waals surface area contributed by atoms with E-state index in [0.717, 1.165) is 23.7 Å². The smallest absolute Gasteiger partial charge is 0.264 e. The van der Waals surface area contributed by atoms with Crippen molar-refractivity contribution >= 4 is 21.6 Å². The molecular weight excluding hydrogens is 292 g/mol. The van der Waals surface area contributed by atoms with Crippen LogP contribution in [-0.4, -0.2) is 33.0 Å². The van der Waals surface area contributed by atoms with Crippen molar-refractivity contribution in [3.8, 4) is 0 Å². The summed E-state index contributed by atoms with van der Waals surface area (Å²) in [6, 6.07) is 6.00. The Morgan fingerprint density at radius 1 is 1.24 bits per heavy atom. The average Bonchev–Trinajstić information content (AvgIpc) is 2.47. The molecule has 0 aliphatic heterocycles. The van der Waals surface area contributed by atoms with Gasteiger partial charge in [0.25, 0.3) is 10.0 Å². The molecule has 0 unspecified atom stereocenters. The molecule has 1 rings (SSSR count). The molecular formula is C14H22N2O4S. The van der Waals surface area contributed by atoms with Gasteiger partial charge >= 0.3 is 0 Å². The second kappa shape index (κ2) is 8.11. The quantitative estimate of drug-likeness (QED) is 0.590. The summed E-state index contributed by atoms with van der Waals surface area (Å²) in [5, 5.41) is 2.74. The average molecular weight is 314 g/mol. The molecule has 0 heterocycles. The van der Waals surface area contributed by atoms with Gasteiger partial charge in [0.05, 0.1) is 12.0 Å². The fourth-order valence-corrected chi connectivity index (χ4v) is 2.69. The summed E-state index contributed by atoms with van der Waals surface area (Å²) in [5.74, 6) is -0.0620. The molecule has 7 heteroatoms. The van der Waals surface area contributed by atoms with Crippen LogP contribution >= 0.6 is 0 Å². The van der Waals surface area contributed by atoms with Gasteiger partial charge < -0.3 is 5.32 Å². The van der Waals surface area contributed by atoms with Gasteiger partial charge in [0, 0.05) is 19.2 Å². The molecule has 0 atom stereocenters. The number of hydroxylamine groups is 1. The number of anilines is 1. The number of hydrogen-bond donors (Lipinski definition) is 1. The van der Waals surface area contributed by atoms with Gasteiger partial charge in [-0.25, -0.2) is 8.42 Å².